The topological polar surface area (TPSA) is 69.1 Å². The van der Waals surface area contributed by atoms with Crippen molar-refractivity contribution in [1.29, 1.82) is 0 Å². The van der Waals surface area contributed by atoms with Gasteiger partial charge in [0.2, 0.25) is 0 Å². The highest BCUT2D eigenvalue weighted by atomic mass is 32.1. The summed E-state index contributed by atoms with van der Waals surface area (Å²) in [6, 6.07) is 7.20. The summed E-state index contributed by atoms with van der Waals surface area (Å²) in [4.78, 5) is 20.1. The summed E-state index contributed by atoms with van der Waals surface area (Å²) in [6.45, 7) is 5.13. The molecule has 1 N–H and O–H groups in total. The molecule has 25 heavy (non-hydrogen) atoms. The maximum Gasteiger partial charge on any atom is 0.262 e. The molecule has 3 rings (SSSR count). The zero-order valence-corrected chi connectivity index (χ0v) is 14.9. The number of fused-ring (bicyclic) bond motifs is 1. The van der Waals surface area contributed by atoms with Crippen LogP contribution in [-0.4, -0.2) is 27.7 Å². The number of hydrogen-bond acceptors (Lipinski definition) is 5. The van der Waals surface area contributed by atoms with E-state index < -0.39 is 0 Å². The van der Waals surface area contributed by atoms with Crippen LogP contribution in [0.4, 0.5) is 0 Å². The monoisotopic (exact) mass is 357 g/mol. The average molecular weight is 357 g/mol. The number of rotatable bonds is 6. The molecule has 0 atom stereocenters. The molecule has 130 valence electrons. The van der Waals surface area contributed by atoms with Crippen LogP contribution in [0.3, 0.4) is 0 Å². The van der Waals surface area contributed by atoms with E-state index in [2.05, 4.69) is 9.97 Å². The summed E-state index contributed by atoms with van der Waals surface area (Å²) in [5.41, 5.74) is 1.36. The zero-order valence-electron chi connectivity index (χ0n) is 14.1. The molecule has 0 aliphatic carbocycles. The summed E-state index contributed by atoms with van der Waals surface area (Å²) >= 11 is 5.37. The second kappa shape index (κ2) is 7.48. The van der Waals surface area contributed by atoms with Crippen molar-refractivity contribution in [1.82, 2.24) is 14.5 Å². The Kier molecular flexibility index (Phi) is 5.14. The zero-order chi connectivity index (χ0) is 17.8. The number of pyridine rings is 1. The normalized spacial score (nSPS) is 10.8. The van der Waals surface area contributed by atoms with Gasteiger partial charge in [-0.05, 0) is 43.8 Å². The summed E-state index contributed by atoms with van der Waals surface area (Å²) in [5.74, 6) is 1.14. The van der Waals surface area contributed by atoms with Gasteiger partial charge in [-0.15, -0.1) is 0 Å². The van der Waals surface area contributed by atoms with Gasteiger partial charge in [-0.2, -0.15) is 0 Å². The van der Waals surface area contributed by atoms with Gasteiger partial charge >= 0.3 is 0 Å². The third-order valence-electron chi connectivity index (χ3n) is 3.71. The van der Waals surface area contributed by atoms with Crippen molar-refractivity contribution >= 4 is 23.1 Å². The van der Waals surface area contributed by atoms with Gasteiger partial charge in [-0.3, -0.25) is 14.3 Å². The smallest absolute Gasteiger partial charge is 0.262 e. The molecule has 0 fully saturated rings. The number of aromatic amines is 1. The molecule has 7 heteroatoms. The van der Waals surface area contributed by atoms with Crippen molar-refractivity contribution in [3.8, 4) is 11.5 Å². The summed E-state index contributed by atoms with van der Waals surface area (Å²) in [6.07, 6.45) is 3.41. The van der Waals surface area contributed by atoms with E-state index in [1.165, 1.54) is 4.57 Å². The van der Waals surface area contributed by atoms with Crippen LogP contribution in [0.5, 0.6) is 11.5 Å². The van der Waals surface area contributed by atoms with Crippen LogP contribution in [-0.2, 0) is 6.54 Å². The fraction of sp³-hybridized carbons (Fsp3) is 0.278. The molecule has 0 unspecified atom stereocenters. The Morgan fingerprint density at radius 2 is 1.92 bits per heavy atom. The highest BCUT2D eigenvalue weighted by molar-refractivity contribution is 7.71. The van der Waals surface area contributed by atoms with E-state index in [0.29, 0.717) is 46.9 Å². The fourth-order valence-corrected chi connectivity index (χ4v) is 2.87. The van der Waals surface area contributed by atoms with Gasteiger partial charge in [0.25, 0.3) is 5.56 Å². The van der Waals surface area contributed by atoms with Gasteiger partial charge in [-0.25, -0.2) is 0 Å². The molecule has 6 nitrogen and oxygen atoms in total. The van der Waals surface area contributed by atoms with E-state index in [9.17, 15) is 4.79 Å². The Labute approximate surface area is 150 Å². The van der Waals surface area contributed by atoms with Gasteiger partial charge in [0.15, 0.2) is 16.3 Å². The molecule has 0 radical (unpaired) electrons. The maximum atomic E-state index is 12.9. The second-order valence-electron chi connectivity index (χ2n) is 5.39. The third-order valence-corrected chi connectivity index (χ3v) is 4.03. The molecular weight excluding hydrogens is 338 g/mol. The number of ether oxygens (including phenoxy) is 2. The minimum atomic E-state index is -0.174. The van der Waals surface area contributed by atoms with E-state index in [1.807, 2.05) is 26.0 Å². The van der Waals surface area contributed by atoms with E-state index in [1.54, 1.807) is 24.5 Å². The van der Waals surface area contributed by atoms with Gasteiger partial charge in [0, 0.05) is 18.5 Å². The molecule has 0 amide bonds. The number of nitrogens with zero attached hydrogens (tertiary/aromatic N) is 2. The highest BCUT2D eigenvalue weighted by Crippen LogP contribution is 2.30. The van der Waals surface area contributed by atoms with Crippen molar-refractivity contribution in [2.45, 2.75) is 20.4 Å². The highest BCUT2D eigenvalue weighted by Gasteiger charge is 2.12. The Morgan fingerprint density at radius 1 is 1.20 bits per heavy atom. The molecule has 0 spiro atoms. The first-order valence-corrected chi connectivity index (χ1v) is 8.50. The number of H-pyrrole nitrogens is 1. The van der Waals surface area contributed by atoms with Crippen molar-refractivity contribution in [2.24, 2.45) is 0 Å². The lowest BCUT2D eigenvalue weighted by atomic mass is 10.2. The first kappa shape index (κ1) is 17.2. The van der Waals surface area contributed by atoms with Crippen LogP contribution >= 0.6 is 12.2 Å². The molecule has 3 aromatic rings. The number of benzene rings is 1. The Bertz CT molecular complexity index is 996. The summed E-state index contributed by atoms with van der Waals surface area (Å²) < 4.78 is 13.1. The van der Waals surface area contributed by atoms with Gasteiger partial charge in [-0.1, -0.05) is 6.07 Å². The Morgan fingerprint density at radius 3 is 2.56 bits per heavy atom. The van der Waals surface area contributed by atoms with Crippen molar-refractivity contribution in [3.05, 3.63) is 57.3 Å². The predicted molar refractivity (Wildman–Crippen MR) is 99.1 cm³/mol. The average Bonchev–Trinajstić information content (AvgIpc) is 2.61. The van der Waals surface area contributed by atoms with E-state index in [0.717, 1.165) is 5.56 Å². The van der Waals surface area contributed by atoms with Crippen LogP contribution in [0.25, 0.3) is 10.9 Å². The van der Waals surface area contributed by atoms with E-state index in [4.69, 9.17) is 21.7 Å². The number of nitrogens with one attached hydrogen (secondary N) is 1. The Hall–Kier alpha value is -2.67. The maximum absolute atomic E-state index is 12.9. The van der Waals surface area contributed by atoms with Crippen LogP contribution in [0.15, 0.2) is 41.5 Å². The standard InChI is InChI=1S/C18H19N3O3S/c1-3-23-15-8-13-14(9-16(15)24-4-2)20-18(25)21(17(13)22)11-12-6-5-7-19-10-12/h5-10H,3-4,11H2,1-2H3,(H,20,25). The lowest BCUT2D eigenvalue weighted by molar-refractivity contribution is 0.288. The predicted octanol–water partition coefficient (Wildman–Crippen LogP) is 3.30. The van der Waals surface area contributed by atoms with Crippen LogP contribution < -0.4 is 15.0 Å². The van der Waals surface area contributed by atoms with Crippen molar-refractivity contribution < 1.29 is 9.47 Å². The Balaban J connectivity index is 2.16. The largest absolute Gasteiger partial charge is 0.490 e. The van der Waals surface area contributed by atoms with Crippen LogP contribution in [0, 0.1) is 4.77 Å². The van der Waals surface area contributed by atoms with Crippen LogP contribution in [0.1, 0.15) is 19.4 Å². The van der Waals surface area contributed by atoms with Gasteiger partial charge in [0.05, 0.1) is 30.7 Å². The summed E-state index contributed by atoms with van der Waals surface area (Å²) in [7, 11) is 0. The van der Waals surface area contributed by atoms with Crippen molar-refractivity contribution in [2.75, 3.05) is 13.2 Å². The molecule has 0 saturated heterocycles. The quantitative estimate of drug-likeness (QED) is 0.686. The number of hydrogen-bond donors (Lipinski definition) is 1. The third kappa shape index (κ3) is 3.56. The first-order chi connectivity index (χ1) is 12.1. The van der Waals surface area contributed by atoms with E-state index >= 15 is 0 Å². The molecule has 1 aromatic carbocycles. The first-order valence-electron chi connectivity index (χ1n) is 8.09. The minimum absolute atomic E-state index is 0.174. The summed E-state index contributed by atoms with van der Waals surface area (Å²) in [5, 5.41) is 0.504. The molecule has 2 aromatic heterocycles. The number of aromatic nitrogens is 3. The van der Waals surface area contributed by atoms with Gasteiger partial charge in [0.1, 0.15) is 0 Å². The molecule has 2 heterocycles. The van der Waals surface area contributed by atoms with Crippen LogP contribution in [0.2, 0.25) is 0 Å². The lowest BCUT2D eigenvalue weighted by Crippen LogP contribution is -2.23. The molecule has 0 saturated carbocycles. The SMILES string of the molecule is CCOc1cc2[nH]c(=S)n(Cc3cccnc3)c(=O)c2cc1OCC. The van der Waals surface area contributed by atoms with Crippen molar-refractivity contribution in [3.63, 3.8) is 0 Å². The lowest BCUT2D eigenvalue weighted by Gasteiger charge is -2.13. The fourth-order valence-electron chi connectivity index (χ4n) is 2.62. The second-order valence-corrected chi connectivity index (χ2v) is 5.78. The molecule has 0 bridgehead atoms. The molecule has 0 aliphatic rings. The molecular formula is C18H19N3O3S. The van der Waals surface area contributed by atoms with E-state index in [-0.39, 0.29) is 5.56 Å². The molecule has 0 aliphatic heterocycles. The van der Waals surface area contributed by atoms with Gasteiger partial charge < -0.3 is 14.5 Å². The minimum Gasteiger partial charge on any atom is -0.490 e.